The lowest BCUT2D eigenvalue weighted by Crippen LogP contribution is -2.18. The van der Waals surface area contributed by atoms with Gasteiger partial charge in [-0.25, -0.2) is 0 Å². The molecule has 0 radical (unpaired) electrons. The quantitative estimate of drug-likeness (QED) is 0.923. The van der Waals surface area contributed by atoms with Gasteiger partial charge in [-0.15, -0.1) is 13.2 Å². The number of para-hydroxylation sites is 1. The highest BCUT2D eigenvalue weighted by Gasteiger charge is 2.33. The molecule has 2 aromatic rings. The maximum atomic E-state index is 12.3. The molecule has 102 valence electrons. The van der Waals surface area contributed by atoms with E-state index in [2.05, 4.69) is 4.74 Å². The Morgan fingerprint density at radius 2 is 1.84 bits per heavy atom. The molecule has 0 bridgehead atoms. The monoisotopic (exact) mass is 288 g/mol. The molecule has 1 heterocycles. The summed E-state index contributed by atoms with van der Waals surface area (Å²) in [5, 5.41) is 13.7. The zero-order chi connectivity index (χ0) is 14.0. The number of thiophene rings is 1. The number of hydrogen-bond acceptors (Lipinski definition) is 3. The van der Waals surface area contributed by atoms with E-state index in [0.717, 1.165) is 5.56 Å². The number of hydrogen-bond donors (Lipinski definition) is 1. The molecule has 1 unspecified atom stereocenters. The lowest BCUT2D eigenvalue weighted by Gasteiger charge is -2.17. The number of halogens is 3. The van der Waals surface area contributed by atoms with E-state index in [-0.39, 0.29) is 11.3 Å². The summed E-state index contributed by atoms with van der Waals surface area (Å²) in [6.07, 6.45) is -5.91. The molecule has 0 aliphatic carbocycles. The number of alkyl halides is 3. The van der Waals surface area contributed by atoms with Gasteiger partial charge >= 0.3 is 6.36 Å². The van der Waals surface area contributed by atoms with Crippen LogP contribution in [0.2, 0.25) is 0 Å². The fraction of sp³-hybridized carbons (Fsp3) is 0.231. The largest absolute Gasteiger partial charge is 0.573 e. The first-order chi connectivity index (χ1) is 8.88. The Morgan fingerprint density at radius 1 is 1.16 bits per heavy atom. The Morgan fingerprint density at radius 3 is 2.42 bits per heavy atom. The second-order valence-electron chi connectivity index (χ2n) is 4.00. The summed E-state index contributed by atoms with van der Waals surface area (Å²) in [7, 11) is 0. The predicted molar refractivity (Wildman–Crippen MR) is 66.2 cm³/mol. The van der Waals surface area contributed by atoms with E-state index in [9.17, 15) is 18.3 Å². The van der Waals surface area contributed by atoms with Crippen molar-refractivity contribution in [2.24, 2.45) is 0 Å². The summed E-state index contributed by atoms with van der Waals surface area (Å²) < 4.78 is 40.8. The van der Waals surface area contributed by atoms with Crippen LogP contribution in [0, 0.1) is 6.92 Å². The van der Waals surface area contributed by atoms with Gasteiger partial charge < -0.3 is 9.84 Å². The second-order valence-corrected chi connectivity index (χ2v) is 4.74. The fourth-order valence-electron chi connectivity index (χ4n) is 1.74. The predicted octanol–water partition coefficient (Wildman–Crippen LogP) is 4.04. The number of aryl methyl sites for hydroxylation is 1. The molecule has 0 spiro atoms. The van der Waals surface area contributed by atoms with Gasteiger partial charge in [-0.3, -0.25) is 0 Å². The summed E-state index contributed by atoms with van der Waals surface area (Å²) in [4.78, 5) is 0. The average Bonchev–Trinajstić information content (AvgIpc) is 2.73. The average molecular weight is 288 g/mol. The van der Waals surface area contributed by atoms with Gasteiger partial charge in [0.1, 0.15) is 11.9 Å². The van der Waals surface area contributed by atoms with Crippen molar-refractivity contribution in [3.8, 4) is 5.75 Å². The standard InChI is InChI=1S/C13H11F3O2S/c1-8-6-19-7-10(8)12(17)9-4-2-3-5-11(9)18-13(14,15)16/h2-7,12,17H,1H3. The van der Waals surface area contributed by atoms with Crippen LogP contribution >= 0.6 is 11.3 Å². The van der Waals surface area contributed by atoms with Crippen LogP contribution in [0.3, 0.4) is 0 Å². The first kappa shape index (κ1) is 13.9. The first-order valence-electron chi connectivity index (χ1n) is 5.44. The van der Waals surface area contributed by atoms with Crippen molar-refractivity contribution in [1.82, 2.24) is 0 Å². The van der Waals surface area contributed by atoms with Crippen molar-refractivity contribution in [3.63, 3.8) is 0 Å². The molecule has 0 aliphatic rings. The molecule has 1 aromatic carbocycles. The molecule has 0 amide bonds. The van der Waals surface area contributed by atoms with Crippen molar-refractivity contribution in [2.75, 3.05) is 0 Å². The molecule has 2 rings (SSSR count). The Bertz CT molecular complexity index is 563. The number of aliphatic hydroxyl groups excluding tert-OH is 1. The lowest BCUT2D eigenvalue weighted by molar-refractivity contribution is -0.275. The van der Waals surface area contributed by atoms with Gasteiger partial charge in [-0.05, 0) is 34.9 Å². The molecule has 0 aliphatic heterocycles. The second kappa shape index (κ2) is 5.22. The summed E-state index contributed by atoms with van der Waals surface area (Å²) in [6.45, 7) is 1.79. The van der Waals surface area contributed by atoms with Crippen LogP contribution in [0.25, 0.3) is 0 Å². The van der Waals surface area contributed by atoms with E-state index in [1.807, 2.05) is 5.38 Å². The molecule has 2 nitrogen and oxygen atoms in total. The van der Waals surface area contributed by atoms with E-state index in [4.69, 9.17) is 0 Å². The van der Waals surface area contributed by atoms with Gasteiger partial charge in [0.15, 0.2) is 0 Å². The van der Waals surface area contributed by atoms with Gasteiger partial charge in [0.2, 0.25) is 0 Å². The topological polar surface area (TPSA) is 29.5 Å². The third-order valence-electron chi connectivity index (χ3n) is 2.63. The maximum Gasteiger partial charge on any atom is 0.573 e. The van der Waals surface area contributed by atoms with Crippen LogP contribution < -0.4 is 4.74 Å². The van der Waals surface area contributed by atoms with Crippen LogP contribution in [-0.4, -0.2) is 11.5 Å². The molecule has 0 fully saturated rings. The van der Waals surface area contributed by atoms with E-state index in [0.29, 0.717) is 5.56 Å². The Balaban J connectivity index is 2.37. The van der Waals surface area contributed by atoms with E-state index in [1.165, 1.54) is 29.5 Å². The smallest absolute Gasteiger partial charge is 0.405 e. The van der Waals surface area contributed by atoms with Crippen LogP contribution in [-0.2, 0) is 0 Å². The van der Waals surface area contributed by atoms with Crippen molar-refractivity contribution in [2.45, 2.75) is 19.4 Å². The van der Waals surface area contributed by atoms with Crippen molar-refractivity contribution >= 4 is 11.3 Å². The van der Waals surface area contributed by atoms with Crippen molar-refractivity contribution < 1.29 is 23.0 Å². The Hall–Kier alpha value is -1.53. The van der Waals surface area contributed by atoms with Crippen LogP contribution in [0.4, 0.5) is 13.2 Å². The Labute approximate surface area is 112 Å². The number of ether oxygens (including phenoxy) is 1. The fourth-order valence-corrected chi connectivity index (χ4v) is 2.61. The zero-order valence-corrected chi connectivity index (χ0v) is 10.8. The van der Waals surface area contributed by atoms with Crippen LogP contribution in [0.5, 0.6) is 5.75 Å². The highest BCUT2D eigenvalue weighted by molar-refractivity contribution is 7.08. The summed E-state index contributed by atoms with van der Waals surface area (Å²) in [5.41, 5.74) is 1.52. The normalized spacial score (nSPS) is 13.3. The molecule has 0 saturated carbocycles. The van der Waals surface area contributed by atoms with E-state index < -0.39 is 12.5 Å². The first-order valence-corrected chi connectivity index (χ1v) is 6.38. The van der Waals surface area contributed by atoms with Crippen molar-refractivity contribution in [3.05, 3.63) is 51.7 Å². The van der Waals surface area contributed by atoms with Gasteiger partial charge in [-0.2, -0.15) is 11.3 Å². The molecule has 1 aromatic heterocycles. The molecule has 0 saturated heterocycles. The van der Waals surface area contributed by atoms with Crippen LogP contribution in [0.1, 0.15) is 22.8 Å². The minimum atomic E-state index is -4.78. The molecule has 6 heteroatoms. The highest BCUT2D eigenvalue weighted by Crippen LogP contribution is 2.35. The summed E-state index contributed by atoms with van der Waals surface area (Å²) in [6, 6.07) is 5.60. The van der Waals surface area contributed by atoms with E-state index >= 15 is 0 Å². The zero-order valence-electron chi connectivity index (χ0n) is 9.94. The van der Waals surface area contributed by atoms with Crippen LogP contribution in [0.15, 0.2) is 35.0 Å². The highest BCUT2D eigenvalue weighted by atomic mass is 32.1. The summed E-state index contributed by atoms with van der Waals surface area (Å²) in [5.74, 6) is -0.381. The molecule has 1 atom stereocenters. The van der Waals surface area contributed by atoms with Gasteiger partial charge in [-0.1, -0.05) is 18.2 Å². The SMILES string of the molecule is Cc1cscc1C(O)c1ccccc1OC(F)(F)F. The minimum absolute atomic E-state index is 0.0984. The minimum Gasteiger partial charge on any atom is -0.405 e. The Kier molecular flexibility index (Phi) is 3.82. The van der Waals surface area contributed by atoms with Gasteiger partial charge in [0.05, 0.1) is 0 Å². The summed E-state index contributed by atoms with van der Waals surface area (Å²) >= 11 is 1.39. The number of aliphatic hydroxyl groups is 1. The molecule has 19 heavy (non-hydrogen) atoms. The molecular formula is C13H11F3O2S. The van der Waals surface area contributed by atoms with E-state index in [1.54, 1.807) is 18.4 Å². The van der Waals surface area contributed by atoms with Gasteiger partial charge in [0.25, 0.3) is 0 Å². The van der Waals surface area contributed by atoms with Crippen molar-refractivity contribution in [1.29, 1.82) is 0 Å². The third kappa shape index (κ3) is 3.27. The third-order valence-corrected chi connectivity index (χ3v) is 3.51. The number of rotatable bonds is 3. The van der Waals surface area contributed by atoms with Gasteiger partial charge in [0, 0.05) is 5.56 Å². The maximum absolute atomic E-state index is 12.3. The number of benzene rings is 1. The lowest BCUT2D eigenvalue weighted by atomic mass is 10.0. The molecular weight excluding hydrogens is 277 g/mol. The molecule has 1 N–H and O–H groups in total.